The summed E-state index contributed by atoms with van der Waals surface area (Å²) in [5.74, 6) is -1.95. The molecule has 0 aromatic carbocycles. The van der Waals surface area contributed by atoms with Crippen LogP contribution in [-0.4, -0.2) is 50.9 Å². The van der Waals surface area contributed by atoms with Crippen LogP contribution in [0.3, 0.4) is 0 Å². The van der Waals surface area contributed by atoms with E-state index in [9.17, 15) is 24.9 Å². The summed E-state index contributed by atoms with van der Waals surface area (Å²) in [7, 11) is 0. The van der Waals surface area contributed by atoms with Crippen LogP contribution in [0.2, 0.25) is 0 Å². The molecule has 3 saturated carbocycles. The van der Waals surface area contributed by atoms with E-state index >= 15 is 4.39 Å². The molecule has 3 fully saturated rings. The van der Waals surface area contributed by atoms with E-state index in [1.165, 1.54) is 12.2 Å². The van der Waals surface area contributed by atoms with Crippen molar-refractivity contribution < 1.29 is 29.3 Å². The minimum Gasteiger partial charge on any atom is -0.390 e. The highest BCUT2D eigenvalue weighted by Crippen LogP contribution is 2.70. The van der Waals surface area contributed by atoms with Crippen LogP contribution in [0.1, 0.15) is 39.5 Å². The highest BCUT2D eigenvalue weighted by Gasteiger charge is 2.74. The Morgan fingerprint density at radius 3 is 2.68 bits per heavy atom. The third-order valence-electron chi connectivity index (χ3n) is 8.38. The minimum absolute atomic E-state index is 0.128. The lowest BCUT2D eigenvalue weighted by atomic mass is 9.44. The molecule has 3 unspecified atom stereocenters. The quantitative estimate of drug-likeness (QED) is 0.625. The van der Waals surface area contributed by atoms with Gasteiger partial charge in [-0.3, -0.25) is 9.59 Å². The van der Waals surface area contributed by atoms with Crippen molar-refractivity contribution in [3.8, 4) is 0 Å². The molecule has 6 heteroatoms. The molecular formula is C22H27FO5. The van der Waals surface area contributed by atoms with Crippen molar-refractivity contribution in [1.82, 2.24) is 0 Å². The van der Waals surface area contributed by atoms with Gasteiger partial charge in [0.1, 0.15) is 6.61 Å². The lowest BCUT2D eigenvalue weighted by Gasteiger charge is -2.62. The van der Waals surface area contributed by atoms with Crippen LogP contribution in [0, 0.1) is 22.7 Å². The standard InChI is InChI=1S/C22H27FO5/c1-12-8-16-15-5-4-13-9-14(25)6-7-19(13,2)21(15,23)17(26)10-20(16,3)22(12,28)18(27)11-24/h6-7,9,15-17,24,26,28H,1,4-5,8,10-11H2,2-3H3/t15?,16?,17?,19-,20-,21-,22-/m0/s1. The number of aliphatic hydroxyl groups is 3. The molecule has 3 N–H and O–H groups in total. The summed E-state index contributed by atoms with van der Waals surface area (Å²) >= 11 is 0. The van der Waals surface area contributed by atoms with Crippen LogP contribution in [0.5, 0.6) is 0 Å². The maximum absolute atomic E-state index is 16.8. The number of aliphatic hydroxyl groups excluding tert-OH is 2. The highest BCUT2D eigenvalue weighted by atomic mass is 19.1. The largest absolute Gasteiger partial charge is 0.390 e. The SMILES string of the molecule is C=C1CC2C3CCC4=CC(=O)C=C[C@]4(C)[C@@]3(F)C(O)C[C@]2(C)[C@@]1(O)C(=O)CO. The van der Waals surface area contributed by atoms with Crippen molar-refractivity contribution >= 4 is 11.6 Å². The first-order valence-electron chi connectivity index (χ1n) is 9.83. The van der Waals surface area contributed by atoms with Gasteiger partial charge in [0.2, 0.25) is 0 Å². The number of carbonyl (C=O) groups is 2. The predicted molar refractivity (Wildman–Crippen MR) is 99.9 cm³/mol. The molecule has 5 nitrogen and oxygen atoms in total. The Hall–Kier alpha value is -1.63. The number of rotatable bonds is 2. The van der Waals surface area contributed by atoms with Gasteiger partial charge in [0.05, 0.1) is 6.10 Å². The second kappa shape index (κ2) is 5.71. The number of alkyl halides is 1. The van der Waals surface area contributed by atoms with Gasteiger partial charge >= 0.3 is 0 Å². The van der Waals surface area contributed by atoms with Crippen LogP contribution in [0.15, 0.2) is 36.0 Å². The van der Waals surface area contributed by atoms with Crippen molar-refractivity contribution in [3.63, 3.8) is 0 Å². The lowest BCUT2D eigenvalue weighted by Crippen LogP contribution is -2.69. The summed E-state index contributed by atoms with van der Waals surface area (Å²) in [4.78, 5) is 24.3. The smallest absolute Gasteiger partial charge is 0.194 e. The number of allylic oxidation sites excluding steroid dienone is 4. The molecule has 0 aromatic heterocycles. The Kier molecular flexibility index (Phi) is 4.01. The third-order valence-corrected chi connectivity index (χ3v) is 8.38. The number of carbonyl (C=O) groups excluding carboxylic acids is 2. The van der Waals surface area contributed by atoms with E-state index in [1.807, 2.05) is 0 Å². The van der Waals surface area contributed by atoms with E-state index in [1.54, 1.807) is 19.9 Å². The van der Waals surface area contributed by atoms with Crippen LogP contribution < -0.4 is 0 Å². The summed E-state index contributed by atoms with van der Waals surface area (Å²) in [6, 6.07) is 0. The summed E-state index contributed by atoms with van der Waals surface area (Å²) in [5, 5.41) is 31.8. The van der Waals surface area contributed by atoms with E-state index < -0.39 is 52.4 Å². The zero-order valence-corrected chi connectivity index (χ0v) is 16.2. The van der Waals surface area contributed by atoms with Gasteiger partial charge in [0, 0.05) is 16.7 Å². The molecule has 0 heterocycles. The van der Waals surface area contributed by atoms with Gasteiger partial charge in [-0.1, -0.05) is 25.2 Å². The number of halogens is 1. The monoisotopic (exact) mass is 390 g/mol. The fourth-order valence-corrected chi connectivity index (χ4v) is 6.80. The van der Waals surface area contributed by atoms with Gasteiger partial charge in [-0.2, -0.15) is 0 Å². The van der Waals surface area contributed by atoms with Crippen LogP contribution in [-0.2, 0) is 9.59 Å². The molecule has 0 aliphatic heterocycles. The molecule has 152 valence electrons. The number of hydrogen-bond acceptors (Lipinski definition) is 5. The zero-order chi connectivity index (χ0) is 20.7. The van der Waals surface area contributed by atoms with Gasteiger partial charge in [0.15, 0.2) is 22.8 Å². The summed E-state index contributed by atoms with van der Waals surface area (Å²) in [6.45, 7) is 6.46. The molecule has 0 saturated heterocycles. The average molecular weight is 390 g/mol. The molecule has 0 amide bonds. The van der Waals surface area contributed by atoms with Gasteiger partial charge in [0.25, 0.3) is 0 Å². The number of hydrogen-bond donors (Lipinski definition) is 3. The first kappa shape index (κ1) is 19.7. The van der Waals surface area contributed by atoms with Crippen LogP contribution >= 0.6 is 0 Å². The Morgan fingerprint density at radius 1 is 1.36 bits per heavy atom. The Morgan fingerprint density at radius 2 is 2.04 bits per heavy atom. The molecule has 0 spiro atoms. The molecule has 0 bridgehead atoms. The molecule has 0 aromatic rings. The topological polar surface area (TPSA) is 94.8 Å². The van der Waals surface area contributed by atoms with Crippen molar-refractivity contribution in [2.75, 3.05) is 6.61 Å². The van der Waals surface area contributed by atoms with Crippen LogP contribution in [0.4, 0.5) is 4.39 Å². The van der Waals surface area contributed by atoms with E-state index in [0.717, 1.165) is 0 Å². The molecule has 7 atom stereocenters. The normalized spacial score (nSPS) is 49.9. The number of ketones is 2. The second-order valence-electron chi connectivity index (χ2n) is 9.36. The Bertz CT molecular complexity index is 846. The van der Waals surface area contributed by atoms with Gasteiger partial charge in [-0.25, -0.2) is 4.39 Å². The second-order valence-corrected chi connectivity index (χ2v) is 9.36. The first-order chi connectivity index (χ1) is 13.0. The van der Waals surface area contributed by atoms with Crippen molar-refractivity contribution in [2.24, 2.45) is 22.7 Å². The molecular weight excluding hydrogens is 363 g/mol. The summed E-state index contributed by atoms with van der Waals surface area (Å²) in [6.07, 6.45) is 4.01. The van der Waals surface area contributed by atoms with E-state index in [0.29, 0.717) is 18.4 Å². The van der Waals surface area contributed by atoms with Crippen LogP contribution in [0.25, 0.3) is 0 Å². The fraction of sp³-hybridized carbons (Fsp3) is 0.636. The average Bonchev–Trinajstić information content (AvgIpc) is 2.84. The zero-order valence-electron chi connectivity index (χ0n) is 16.2. The Balaban J connectivity index is 1.85. The van der Waals surface area contributed by atoms with E-state index in [-0.39, 0.29) is 24.2 Å². The van der Waals surface area contributed by atoms with E-state index in [2.05, 4.69) is 6.58 Å². The number of Topliss-reactive ketones (excluding diaryl/α,β-unsaturated/α-hetero) is 1. The highest BCUT2D eigenvalue weighted by molar-refractivity contribution is 6.01. The van der Waals surface area contributed by atoms with Gasteiger partial charge < -0.3 is 15.3 Å². The van der Waals surface area contributed by atoms with E-state index in [4.69, 9.17) is 0 Å². The van der Waals surface area contributed by atoms with Gasteiger partial charge in [-0.15, -0.1) is 0 Å². The first-order valence-corrected chi connectivity index (χ1v) is 9.83. The minimum atomic E-state index is -2.02. The van der Waals surface area contributed by atoms with Crippen molar-refractivity contribution in [2.45, 2.75) is 56.9 Å². The molecule has 28 heavy (non-hydrogen) atoms. The molecule has 4 rings (SSSR count). The summed E-state index contributed by atoms with van der Waals surface area (Å²) in [5.41, 5.74) is -5.28. The number of fused-ring (bicyclic) bond motifs is 5. The maximum atomic E-state index is 16.8. The molecule has 4 aliphatic carbocycles. The van der Waals surface area contributed by atoms with Crippen molar-refractivity contribution in [3.05, 3.63) is 36.0 Å². The van der Waals surface area contributed by atoms with Gasteiger partial charge in [-0.05, 0) is 56.3 Å². The predicted octanol–water partition coefficient (Wildman–Crippen LogP) is 1.82. The molecule has 0 radical (unpaired) electrons. The summed E-state index contributed by atoms with van der Waals surface area (Å²) < 4.78 is 16.8. The maximum Gasteiger partial charge on any atom is 0.194 e. The van der Waals surface area contributed by atoms with Crippen molar-refractivity contribution in [1.29, 1.82) is 0 Å². The Labute approximate surface area is 163 Å². The lowest BCUT2D eigenvalue weighted by molar-refractivity contribution is -0.215. The molecule has 4 aliphatic rings. The third kappa shape index (κ3) is 1.96. The fourth-order valence-electron chi connectivity index (χ4n) is 6.80.